The monoisotopic (exact) mass is 431 g/mol. The zero-order valence-electron chi connectivity index (χ0n) is 17.6. The molecule has 2 heterocycles. The fourth-order valence-electron chi connectivity index (χ4n) is 3.80. The normalized spacial score (nSPS) is 15.9. The molecule has 32 heavy (non-hydrogen) atoms. The Balaban J connectivity index is 1.86. The highest BCUT2D eigenvalue weighted by Crippen LogP contribution is 2.42. The lowest BCUT2D eigenvalue weighted by Gasteiger charge is -2.27. The van der Waals surface area contributed by atoms with Gasteiger partial charge < -0.3 is 14.3 Å². The molecule has 0 spiro atoms. The second-order valence-corrected chi connectivity index (χ2v) is 7.33. The molecular formula is C25H21NO6. The smallest absolute Gasteiger partial charge is 0.338 e. The number of rotatable bonds is 6. The Kier molecular flexibility index (Phi) is 5.64. The Morgan fingerprint density at radius 1 is 1.09 bits per heavy atom. The van der Waals surface area contributed by atoms with Crippen molar-refractivity contribution in [2.24, 2.45) is 0 Å². The standard InChI is InChI=1S/C25H21NO6/c1-3-31-25(30)17-9-5-10-18(14-17)26-21(16-8-4-7-15(2)13-16)20(23(28)24(26)29)22(27)19-11-6-12-32-19/h4-14,21,28H,3H2,1-2H3. The first kappa shape index (κ1) is 21.1. The first-order valence-electron chi connectivity index (χ1n) is 10.1. The molecule has 162 valence electrons. The van der Waals surface area contributed by atoms with Crippen LogP contribution in [0.5, 0.6) is 0 Å². The van der Waals surface area contributed by atoms with E-state index in [-0.39, 0.29) is 23.5 Å². The highest BCUT2D eigenvalue weighted by atomic mass is 16.5. The average Bonchev–Trinajstić information content (AvgIpc) is 3.41. The number of aliphatic hydroxyl groups is 1. The number of aliphatic hydroxyl groups excluding tert-OH is 1. The summed E-state index contributed by atoms with van der Waals surface area (Å²) in [5, 5.41) is 10.8. The summed E-state index contributed by atoms with van der Waals surface area (Å²) >= 11 is 0. The van der Waals surface area contributed by atoms with Crippen LogP contribution in [0.25, 0.3) is 0 Å². The van der Waals surface area contributed by atoms with Crippen LogP contribution in [0.3, 0.4) is 0 Å². The molecule has 2 aromatic carbocycles. The van der Waals surface area contributed by atoms with Crippen LogP contribution < -0.4 is 4.90 Å². The van der Waals surface area contributed by atoms with Gasteiger partial charge in [-0.1, -0.05) is 35.9 Å². The van der Waals surface area contributed by atoms with Crippen LogP contribution in [0, 0.1) is 6.92 Å². The van der Waals surface area contributed by atoms with Crippen LogP contribution in [-0.4, -0.2) is 29.4 Å². The van der Waals surface area contributed by atoms with E-state index in [9.17, 15) is 19.5 Å². The van der Waals surface area contributed by atoms with Crippen LogP contribution in [0.15, 0.2) is 82.7 Å². The molecule has 1 unspecified atom stereocenters. The highest BCUT2D eigenvalue weighted by molar-refractivity contribution is 6.20. The number of anilines is 1. The van der Waals surface area contributed by atoms with Gasteiger partial charge in [-0.2, -0.15) is 0 Å². The number of ether oxygens (including phenoxy) is 1. The van der Waals surface area contributed by atoms with E-state index in [4.69, 9.17) is 9.15 Å². The Labute approximate surface area is 184 Å². The predicted octanol–water partition coefficient (Wildman–Crippen LogP) is 4.55. The number of Topliss-reactive ketones (excluding diaryl/α,β-unsaturated/α-hetero) is 1. The number of ketones is 1. The second-order valence-electron chi connectivity index (χ2n) is 7.33. The number of carbonyl (C=O) groups is 3. The topological polar surface area (TPSA) is 97.0 Å². The van der Waals surface area contributed by atoms with Crippen LogP contribution in [0.2, 0.25) is 0 Å². The fraction of sp³-hybridized carbons (Fsp3) is 0.160. The molecule has 0 bridgehead atoms. The minimum absolute atomic E-state index is 0.0131. The van der Waals surface area contributed by atoms with Crippen molar-refractivity contribution in [3.63, 3.8) is 0 Å². The molecule has 0 saturated heterocycles. The Hall–Kier alpha value is -4.13. The third-order valence-corrected chi connectivity index (χ3v) is 5.19. The number of hydrogen-bond acceptors (Lipinski definition) is 6. The van der Waals surface area contributed by atoms with Gasteiger partial charge in [0.15, 0.2) is 11.5 Å². The highest BCUT2D eigenvalue weighted by Gasteiger charge is 2.45. The van der Waals surface area contributed by atoms with E-state index in [0.29, 0.717) is 11.3 Å². The molecule has 0 saturated carbocycles. The molecule has 0 fully saturated rings. The Morgan fingerprint density at radius 2 is 1.88 bits per heavy atom. The van der Waals surface area contributed by atoms with Gasteiger partial charge in [0.05, 0.1) is 30.0 Å². The van der Waals surface area contributed by atoms with E-state index in [1.54, 1.807) is 37.3 Å². The summed E-state index contributed by atoms with van der Waals surface area (Å²) in [7, 11) is 0. The molecule has 0 aliphatic carbocycles. The number of hydrogen-bond donors (Lipinski definition) is 1. The van der Waals surface area contributed by atoms with E-state index in [1.807, 2.05) is 25.1 Å². The van der Waals surface area contributed by atoms with Gasteiger partial charge in [0.2, 0.25) is 5.78 Å². The summed E-state index contributed by atoms with van der Waals surface area (Å²) in [4.78, 5) is 39.9. The summed E-state index contributed by atoms with van der Waals surface area (Å²) < 4.78 is 10.3. The van der Waals surface area contributed by atoms with Gasteiger partial charge in [0, 0.05) is 5.69 Å². The maximum atomic E-state index is 13.2. The molecule has 1 aliphatic rings. The van der Waals surface area contributed by atoms with Crippen molar-refractivity contribution in [1.82, 2.24) is 0 Å². The van der Waals surface area contributed by atoms with Crippen molar-refractivity contribution in [3.8, 4) is 0 Å². The SMILES string of the molecule is CCOC(=O)c1cccc(N2C(=O)C(O)=C(C(=O)c3ccco3)C2c2cccc(C)c2)c1. The summed E-state index contributed by atoms with van der Waals surface area (Å²) in [5.41, 5.74) is 2.08. The summed E-state index contributed by atoms with van der Waals surface area (Å²) in [6.07, 6.45) is 1.35. The number of aryl methyl sites for hydroxylation is 1. The second kappa shape index (κ2) is 8.55. The number of nitrogens with zero attached hydrogens (tertiary/aromatic N) is 1. The quantitative estimate of drug-likeness (QED) is 0.454. The zero-order valence-corrected chi connectivity index (χ0v) is 17.6. The lowest BCUT2D eigenvalue weighted by Crippen LogP contribution is -2.31. The number of benzene rings is 2. The predicted molar refractivity (Wildman–Crippen MR) is 116 cm³/mol. The molecule has 0 radical (unpaired) electrons. The van der Waals surface area contributed by atoms with E-state index >= 15 is 0 Å². The van der Waals surface area contributed by atoms with E-state index in [0.717, 1.165) is 5.56 Å². The Bertz CT molecular complexity index is 1220. The van der Waals surface area contributed by atoms with Gasteiger partial charge in [0.1, 0.15) is 0 Å². The third kappa shape index (κ3) is 3.69. The van der Waals surface area contributed by atoms with Gasteiger partial charge in [0.25, 0.3) is 5.91 Å². The van der Waals surface area contributed by atoms with E-state index < -0.39 is 29.5 Å². The summed E-state index contributed by atoms with van der Waals surface area (Å²) in [6.45, 7) is 3.80. The maximum Gasteiger partial charge on any atom is 0.338 e. The third-order valence-electron chi connectivity index (χ3n) is 5.19. The summed E-state index contributed by atoms with van der Waals surface area (Å²) in [5.74, 6) is -2.50. The molecule has 1 aliphatic heterocycles. The van der Waals surface area contributed by atoms with Crippen molar-refractivity contribution >= 4 is 23.3 Å². The van der Waals surface area contributed by atoms with Crippen molar-refractivity contribution in [2.45, 2.75) is 19.9 Å². The van der Waals surface area contributed by atoms with Crippen molar-refractivity contribution in [3.05, 3.63) is 101 Å². The number of esters is 1. The van der Waals surface area contributed by atoms with Crippen LogP contribution >= 0.6 is 0 Å². The van der Waals surface area contributed by atoms with Gasteiger partial charge in [-0.25, -0.2) is 4.79 Å². The van der Waals surface area contributed by atoms with Gasteiger partial charge >= 0.3 is 5.97 Å². The first-order valence-corrected chi connectivity index (χ1v) is 10.1. The largest absolute Gasteiger partial charge is 0.503 e. The number of furan rings is 1. The molecular weight excluding hydrogens is 410 g/mol. The van der Waals surface area contributed by atoms with Crippen LogP contribution in [0.4, 0.5) is 5.69 Å². The first-order chi connectivity index (χ1) is 15.4. The fourth-order valence-corrected chi connectivity index (χ4v) is 3.80. The average molecular weight is 431 g/mol. The van der Waals surface area contributed by atoms with E-state index in [2.05, 4.69) is 0 Å². The zero-order chi connectivity index (χ0) is 22.8. The van der Waals surface area contributed by atoms with Gasteiger partial charge in [-0.15, -0.1) is 0 Å². The lowest BCUT2D eigenvalue weighted by molar-refractivity contribution is -0.117. The number of amides is 1. The van der Waals surface area contributed by atoms with Crippen LogP contribution in [-0.2, 0) is 9.53 Å². The van der Waals surface area contributed by atoms with E-state index in [1.165, 1.54) is 23.3 Å². The van der Waals surface area contributed by atoms with Gasteiger partial charge in [-0.3, -0.25) is 14.5 Å². The lowest BCUT2D eigenvalue weighted by atomic mass is 9.94. The summed E-state index contributed by atoms with van der Waals surface area (Å²) in [6, 6.07) is 15.8. The van der Waals surface area contributed by atoms with Crippen molar-refractivity contribution in [2.75, 3.05) is 11.5 Å². The number of carbonyl (C=O) groups excluding carboxylic acids is 3. The molecule has 1 atom stereocenters. The minimum Gasteiger partial charge on any atom is -0.503 e. The van der Waals surface area contributed by atoms with Crippen LogP contribution in [0.1, 0.15) is 45.0 Å². The molecule has 1 aromatic heterocycles. The Morgan fingerprint density at radius 3 is 2.56 bits per heavy atom. The molecule has 4 rings (SSSR count). The molecule has 1 amide bonds. The molecule has 7 heteroatoms. The maximum absolute atomic E-state index is 13.2. The van der Waals surface area contributed by atoms with Gasteiger partial charge in [-0.05, 0) is 49.7 Å². The molecule has 7 nitrogen and oxygen atoms in total. The van der Waals surface area contributed by atoms with Crippen molar-refractivity contribution < 1.29 is 28.6 Å². The minimum atomic E-state index is -0.905. The van der Waals surface area contributed by atoms with Crippen molar-refractivity contribution in [1.29, 1.82) is 0 Å². The molecule has 3 aromatic rings. The molecule has 1 N–H and O–H groups in total.